The van der Waals surface area contributed by atoms with E-state index in [0.29, 0.717) is 0 Å². The summed E-state index contributed by atoms with van der Waals surface area (Å²) in [7, 11) is 0. The van der Waals surface area contributed by atoms with Crippen molar-refractivity contribution in [1.82, 2.24) is 10.4 Å². The molecule has 0 saturated carbocycles. The van der Waals surface area contributed by atoms with E-state index < -0.39 is 0 Å². The summed E-state index contributed by atoms with van der Waals surface area (Å²) in [5, 5.41) is 1.12. The lowest BCUT2D eigenvalue weighted by atomic mass is 9.94. The van der Waals surface area contributed by atoms with Gasteiger partial charge in [0.25, 0.3) is 0 Å². The van der Waals surface area contributed by atoms with Gasteiger partial charge in [0, 0.05) is 4.88 Å². The van der Waals surface area contributed by atoms with Crippen molar-refractivity contribution in [2.75, 3.05) is 0 Å². The van der Waals surface area contributed by atoms with Gasteiger partial charge in [-0.15, -0.1) is 11.3 Å². The third kappa shape index (κ3) is 3.27. The van der Waals surface area contributed by atoms with E-state index >= 15 is 0 Å². The molecule has 1 atom stereocenters. The van der Waals surface area contributed by atoms with E-state index in [4.69, 9.17) is 5.84 Å². The topological polar surface area (TPSA) is 50.9 Å². The number of nitrogens with zero attached hydrogens (tertiary/aromatic N) is 1. The third-order valence-corrected chi connectivity index (χ3v) is 4.37. The Morgan fingerprint density at radius 2 is 1.94 bits per heavy atom. The molecule has 0 aliphatic rings. The van der Waals surface area contributed by atoms with Gasteiger partial charge in [0.1, 0.15) is 0 Å². The van der Waals surface area contributed by atoms with Crippen LogP contribution < -0.4 is 11.3 Å². The van der Waals surface area contributed by atoms with E-state index in [1.165, 1.54) is 17.7 Å². The maximum Gasteiger partial charge on any atom is 0.0900 e. The predicted molar refractivity (Wildman–Crippen MR) is 70.3 cm³/mol. The number of rotatable bonds is 6. The lowest BCUT2D eigenvalue weighted by molar-refractivity contribution is 0.377. The van der Waals surface area contributed by atoms with Crippen LogP contribution in [-0.4, -0.2) is 4.98 Å². The standard InChI is InChI=1S/C12H23N3S/c1-5-10(6-2)7-11(15-13)12-8(3)14-9(4)16-12/h10-11,15H,5-7,13H2,1-4H3. The second-order valence-corrected chi connectivity index (χ2v) is 5.55. The molecule has 4 heteroatoms. The molecule has 1 aromatic rings. The molecule has 3 nitrogen and oxygen atoms in total. The maximum atomic E-state index is 5.67. The van der Waals surface area contributed by atoms with Gasteiger partial charge in [-0.2, -0.15) is 0 Å². The first-order valence-corrected chi connectivity index (χ1v) is 6.84. The number of nitrogens with two attached hydrogens (primary N) is 1. The fraction of sp³-hybridized carbons (Fsp3) is 0.750. The van der Waals surface area contributed by atoms with Crippen molar-refractivity contribution in [3.8, 4) is 0 Å². The molecule has 0 saturated heterocycles. The first-order chi connectivity index (χ1) is 7.62. The van der Waals surface area contributed by atoms with E-state index in [9.17, 15) is 0 Å². The van der Waals surface area contributed by atoms with Gasteiger partial charge >= 0.3 is 0 Å². The van der Waals surface area contributed by atoms with E-state index in [1.54, 1.807) is 11.3 Å². The number of thiazole rings is 1. The fourth-order valence-electron chi connectivity index (χ4n) is 2.08. The molecule has 0 bridgehead atoms. The van der Waals surface area contributed by atoms with Gasteiger partial charge in [-0.3, -0.25) is 11.3 Å². The first kappa shape index (κ1) is 13.6. The molecule has 92 valence electrons. The van der Waals surface area contributed by atoms with Gasteiger partial charge in [-0.25, -0.2) is 4.98 Å². The van der Waals surface area contributed by atoms with Crippen LogP contribution in [0.25, 0.3) is 0 Å². The Labute approximate surface area is 102 Å². The molecule has 0 spiro atoms. The normalized spacial score (nSPS) is 13.4. The van der Waals surface area contributed by atoms with Crippen molar-refractivity contribution in [2.45, 2.75) is 53.0 Å². The minimum absolute atomic E-state index is 0.260. The smallest absolute Gasteiger partial charge is 0.0900 e. The summed E-state index contributed by atoms with van der Waals surface area (Å²) in [6.45, 7) is 8.60. The average molecular weight is 241 g/mol. The highest BCUT2D eigenvalue weighted by Crippen LogP contribution is 2.30. The van der Waals surface area contributed by atoms with Crippen molar-refractivity contribution in [3.05, 3.63) is 15.6 Å². The lowest BCUT2D eigenvalue weighted by Crippen LogP contribution is -2.29. The van der Waals surface area contributed by atoms with Crippen molar-refractivity contribution in [3.63, 3.8) is 0 Å². The minimum atomic E-state index is 0.260. The van der Waals surface area contributed by atoms with Crippen molar-refractivity contribution < 1.29 is 0 Å². The SMILES string of the molecule is CCC(CC)CC(NN)c1sc(C)nc1C. The molecular formula is C12H23N3S. The van der Waals surface area contributed by atoms with Crippen LogP contribution in [0.4, 0.5) is 0 Å². The van der Waals surface area contributed by atoms with Crippen LogP contribution in [0.2, 0.25) is 0 Å². The van der Waals surface area contributed by atoms with Gasteiger partial charge in [-0.05, 0) is 26.2 Å². The van der Waals surface area contributed by atoms with Crippen LogP contribution in [0.15, 0.2) is 0 Å². The number of aryl methyl sites for hydroxylation is 2. The van der Waals surface area contributed by atoms with E-state index in [-0.39, 0.29) is 6.04 Å². The van der Waals surface area contributed by atoms with Crippen LogP contribution in [-0.2, 0) is 0 Å². The zero-order chi connectivity index (χ0) is 12.1. The minimum Gasteiger partial charge on any atom is -0.271 e. The number of aromatic nitrogens is 1. The van der Waals surface area contributed by atoms with Crippen LogP contribution in [0.3, 0.4) is 0 Å². The highest BCUT2D eigenvalue weighted by Gasteiger charge is 2.19. The average Bonchev–Trinajstić information content (AvgIpc) is 2.60. The van der Waals surface area contributed by atoms with E-state index in [1.807, 2.05) is 6.92 Å². The van der Waals surface area contributed by atoms with Gasteiger partial charge in [0.2, 0.25) is 0 Å². The molecule has 3 N–H and O–H groups in total. The Balaban J connectivity index is 2.77. The Morgan fingerprint density at radius 1 is 1.31 bits per heavy atom. The number of nitrogens with one attached hydrogen (secondary N) is 1. The van der Waals surface area contributed by atoms with Crippen molar-refractivity contribution in [2.24, 2.45) is 11.8 Å². The molecule has 1 unspecified atom stereocenters. The molecular weight excluding hydrogens is 218 g/mol. The van der Waals surface area contributed by atoms with Crippen LogP contribution in [0.1, 0.15) is 54.7 Å². The second kappa shape index (κ2) is 6.33. The van der Waals surface area contributed by atoms with Crippen LogP contribution in [0.5, 0.6) is 0 Å². The summed E-state index contributed by atoms with van der Waals surface area (Å²) in [6, 6.07) is 0.260. The molecule has 16 heavy (non-hydrogen) atoms. The van der Waals surface area contributed by atoms with Crippen molar-refractivity contribution >= 4 is 11.3 Å². The largest absolute Gasteiger partial charge is 0.271 e. The number of hydrogen-bond donors (Lipinski definition) is 2. The lowest BCUT2D eigenvalue weighted by Gasteiger charge is -2.20. The molecule has 0 aliphatic heterocycles. The summed E-state index contributed by atoms with van der Waals surface area (Å²) in [5.74, 6) is 6.41. The molecule has 1 rings (SSSR count). The highest BCUT2D eigenvalue weighted by atomic mass is 32.1. The zero-order valence-corrected chi connectivity index (χ0v) is 11.5. The summed E-state index contributed by atoms with van der Waals surface area (Å²) < 4.78 is 0. The molecule has 1 heterocycles. The summed E-state index contributed by atoms with van der Waals surface area (Å²) >= 11 is 1.76. The van der Waals surface area contributed by atoms with Crippen molar-refractivity contribution in [1.29, 1.82) is 0 Å². The predicted octanol–water partition coefficient (Wildman–Crippen LogP) is 3.09. The third-order valence-electron chi connectivity index (χ3n) is 3.18. The van der Waals surface area contributed by atoms with Gasteiger partial charge in [-0.1, -0.05) is 26.7 Å². The Bertz CT molecular complexity index is 318. The van der Waals surface area contributed by atoms with E-state index in [2.05, 4.69) is 31.2 Å². The van der Waals surface area contributed by atoms with Gasteiger partial charge < -0.3 is 0 Å². The molecule has 1 aromatic heterocycles. The quantitative estimate of drug-likeness (QED) is 0.594. The fourth-order valence-corrected chi connectivity index (χ4v) is 3.08. The molecule has 0 fully saturated rings. The Kier molecular flexibility index (Phi) is 5.38. The first-order valence-electron chi connectivity index (χ1n) is 6.02. The van der Waals surface area contributed by atoms with Crippen LogP contribution >= 0.6 is 11.3 Å². The number of hydrazine groups is 1. The van der Waals surface area contributed by atoms with Gasteiger partial charge in [0.15, 0.2) is 0 Å². The maximum absolute atomic E-state index is 5.67. The summed E-state index contributed by atoms with van der Waals surface area (Å²) in [5.41, 5.74) is 4.06. The monoisotopic (exact) mass is 241 g/mol. The molecule has 0 radical (unpaired) electrons. The molecule has 0 aliphatic carbocycles. The second-order valence-electron chi connectivity index (χ2n) is 4.32. The van der Waals surface area contributed by atoms with E-state index in [0.717, 1.165) is 23.0 Å². The Morgan fingerprint density at radius 3 is 2.31 bits per heavy atom. The van der Waals surface area contributed by atoms with Crippen LogP contribution in [0, 0.1) is 19.8 Å². The molecule has 0 aromatic carbocycles. The van der Waals surface area contributed by atoms with Gasteiger partial charge in [0.05, 0.1) is 16.7 Å². The highest BCUT2D eigenvalue weighted by molar-refractivity contribution is 7.11. The zero-order valence-electron chi connectivity index (χ0n) is 10.7. The number of hydrogen-bond acceptors (Lipinski definition) is 4. The Hall–Kier alpha value is -0.450. The summed E-state index contributed by atoms with van der Waals surface area (Å²) in [6.07, 6.45) is 3.53. The molecule has 0 amide bonds. The summed E-state index contributed by atoms with van der Waals surface area (Å²) in [4.78, 5) is 5.76.